The predicted octanol–water partition coefficient (Wildman–Crippen LogP) is 2.98. The van der Waals surface area contributed by atoms with Crippen molar-refractivity contribution in [1.29, 1.82) is 0 Å². The Morgan fingerprint density at radius 3 is 2.80 bits per heavy atom. The van der Waals surface area contributed by atoms with E-state index in [1.165, 1.54) is 0 Å². The van der Waals surface area contributed by atoms with Gasteiger partial charge in [0.1, 0.15) is 5.75 Å². The number of nitrogens with zero attached hydrogens (tertiary/aromatic N) is 2. The number of ether oxygens (including phenoxy) is 1. The zero-order valence-electron chi connectivity index (χ0n) is 12.1. The minimum Gasteiger partial charge on any atom is -0.496 e. The van der Waals surface area contributed by atoms with Crippen molar-refractivity contribution in [3.8, 4) is 5.75 Å². The van der Waals surface area contributed by atoms with Crippen LogP contribution in [0.1, 0.15) is 24.2 Å². The molecule has 4 nitrogen and oxygen atoms in total. The van der Waals surface area contributed by atoms with Gasteiger partial charge in [0, 0.05) is 18.3 Å². The monoisotopic (exact) mass is 293 g/mol. The number of aromatic nitrogens is 2. The number of likely N-dealkylation sites (N-methyl/N-ethyl adjacent to an activating group) is 1. The fraction of sp³-hybridized carbons (Fsp3) is 0.400. The molecule has 2 aromatic rings. The van der Waals surface area contributed by atoms with Crippen LogP contribution in [0.25, 0.3) is 0 Å². The van der Waals surface area contributed by atoms with Gasteiger partial charge in [0.05, 0.1) is 18.8 Å². The molecule has 20 heavy (non-hydrogen) atoms. The third kappa shape index (κ3) is 3.52. The molecule has 0 saturated heterocycles. The second-order valence-corrected chi connectivity index (χ2v) is 5.12. The van der Waals surface area contributed by atoms with Crippen LogP contribution >= 0.6 is 11.6 Å². The summed E-state index contributed by atoms with van der Waals surface area (Å²) in [5.74, 6) is 0.855. The molecular formula is C15H20ClN3O. The maximum absolute atomic E-state index is 6.09. The Morgan fingerprint density at radius 1 is 1.40 bits per heavy atom. The lowest BCUT2D eigenvalue weighted by molar-refractivity contribution is 0.405. The van der Waals surface area contributed by atoms with Gasteiger partial charge >= 0.3 is 0 Å². The molecule has 1 aromatic heterocycles. The molecule has 0 amide bonds. The number of benzene rings is 1. The molecule has 5 heteroatoms. The first-order chi connectivity index (χ1) is 9.63. The molecular weight excluding hydrogens is 274 g/mol. The van der Waals surface area contributed by atoms with E-state index < -0.39 is 0 Å². The Balaban J connectivity index is 2.26. The van der Waals surface area contributed by atoms with Crippen molar-refractivity contribution >= 4 is 11.6 Å². The van der Waals surface area contributed by atoms with E-state index in [0.717, 1.165) is 35.0 Å². The first-order valence-electron chi connectivity index (χ1n) is 6.69. The molecule has 0 saturated carbocycles. The molecule has 1 aromatic carbocycles. The van der Waals surface area contributed by atoms with Crippen molar-refractivity contribution in [3.63, 3.8) is 0 Å². The summed E-state index contributed by atoms with van der Waals surface area (Å²) in [7, 11) is 3.60. The summed E-state index contributed by atoms with van der Waals surface area (Å²) >= 11 is 6.09. The van der Waals surface area contributed by atoms with Crippen LogP contribution in [-0.4, -0.2) is 23.4 Å². The minimum absolute atomic E-state index is 0.147. The number of methoxy groups -OCH3 is 1. The highest BCUT2D eigenvalue weighted by Gasteiger charge is 2.16. The Bertz CT molecular complexity index is 568. The van der Waals surface area contributed by atoms with E-state index >= 15 is 0 Å². The fourth-order valence-corrected chi connectivity index (χ4v) is 2.47. The van der Waals surface area contributed by atoms with Gasteiger partial charge in [-0.1, -0.05) is 18.5 Å². The quantitative estimate of drug-likeness (QED) is 0.890. The average molecular weight is 294 g/mol. The Hall–Kier alpha value is -1.52. The first-order valence-corrected chi connectivity index (χ1v) is 7.07. The minimum atomic E-state index is 0.147. The van der Waals surface area contributed by atoms with Gasteiger partial charge < -0.3 is 10.1 Å². The summed E-state index contributed by atoms with van der Waals surface area (Å²) in [4.78, 5) is 0. The second-order valence-electron chi connectivity index (χ2n) is 4.68. The van der Waals surface area contributed by atoms with E-state index in [2.05, 4.69) is 17.3 Å². The van der Waals surface area contributed by atoms with Gasteiger partial charge in [0.15, 0.2) is 0 Å². The maximum atomic E-state index is 6.09. The number of nitrogens with one attached hydrogen (secondary N) is 1. The molecule has 0 spiro atoms. The molecule has 0 aliphatic carbocycles. The largest absolute Gasteiger partial charge is 0.496 e. The normalized spacial score (nSPS) is 12.4. The topological polar surface area (TPSA) is 39.1 Å². The summed E-state index contributed by atoms with van der Waals surface area (Å²) in [6.07, 6.45) is 2.74. The Morgan fingerprint density at radius 2 is 2.20 bits per heavy atom. The molecule has 0 aliphatic rings. The molecule has 1 unspecified atom stereocenters. The van der Waals surface area contributed by atoms with E-state index in [1.54, 1.807) is 7.11 Å². The lowest BCUT2D eigenvalue weighted by Gasteiger charge is -2.17. The zero-order valence-corrected chi connectivity index (χ0v) is 12.8. The average Bonchev–Trinajstić information content (AvgIpc) is 2.85. The summed E-state index contributed by atoms with van der Waals surface area (Å²) in [5.41, 5.74) is 2.10. The van der Waals surface area contributed by atoms with Crippen LogP contribution in [0.5, 0.6) is 5.75 Å². The van der Waals surface area contributed by atoms with Crippen molar-refractivity contribution in [2.75, 3.05) is 13.7 Å². The molecule has 2 rings (SSSR count). The van der Waals surface area contributed by atoms with Gasteiger partial charge in [-0.15, -0.1) is 0 Å². The Kier molecular flexibility index (Phi) is 5.04. The fourth-order valence-electron chi connectivity index (χ4n) is 2.27. The number of hydrogen-bond acceptors (Lipinski definition) is 3. The molecule has 0 radical (unpaired) electrons. The van der Waals surface area contributed by atoms with Crippen molar-refractivity contribution in [2.45, 2.75) is 19.4 Å². The first kappa shape index (κ1) is 14.9. The summed E-state index contributed by atoms with van der Waals surface area (Å²) in [6.45, 7) is 2.97. The summed E-state index contributed by atoms with van der Waals surface area (Å²) in [6, 6.07) is 7.87. The van der Waals surface area contributed by atoms with Crippen molar-refractivity contribution < 1.29 is 4.74 Å². The second kappa shape index (κ2) is 6.77. The van der Waals surface area contributed by atoms with Crippen molar-refractivity contribution in [3.05, 3.63) is 46.7 Å². The number of aryl methyl sites for hydroxylation is 1. The summed E-state index contributed by atoms with van der Waals surface area (Å²) in [5, 5.41) is 8.66. The van der Waals surface area contributed by atoms with Crippen LogP contribution in [0.2, 0.25) is 5.02 Å². The maximum Gasteiger partial charge on any atom is 0.122 e. The number of rotatable bonds is 6. The van der Waals surface area contributed by atoms with Crippen LogP contribution in [0.3, 0.4) is 0 Å². The van der Waals surface area contributed by atoms with Crippen molar-refractivity contribution in [1.82, 2.24) is 15.1 Å². The van der Waals surface area contributed by atoms with E-state index in [4.69, 9.17) is 16.3 Å². The number of hydrogen-bond donors (Lipinski definition) is 1. The van der Waals surface area contributed by atoms with Crippen LogP contribution in [-0.2, 0) is 13.5 Å². The number of halogens is 1. The highest BCUT2D eigenvalue weighted by Crippen LogP contribution is 2.27. The lowest BCUT2D eigenvalue weighted by Crippen LogP contribution is -2.23. The molecule has 0 aliphatic heterocycles. The molecule has 0 fully saturated rings. The van der Waals surface area contributed by atoms with E-state index in [9.17, 15) is 0 Å². The molecule has 1 N–H and O–H groups in total. The SMILES string of the molecule is CCNC(Cc1cc(Cl)ccc1OC)c1ccn(C)n1. The van der Waals surface area contributed by atoms with Crippen LogP contribution in [0, 0.1) is 0 Å². The molecule has 1 heterocycles. The van der Waals surface area contributed by atoms with Crippen LogP contribution in [0.15, 0.2) is 30.5 Å². The van der Waals surface area contributed by atoms with Gasteiger partial charge in [0.25, 0.3) is 0 Å². The predicted molar refractivity (Wildman–Crippen MR) is 81.3 cm³/mol. The highest BCUT2D eigenvalue weighted by molar-refractivity contribution is 6.30. The molecule has 108 valence electrons. The Labute approximate surface area is 124 Å². The van der Waals surface area contributed by atoms with Gasteiger partial charge in [-0.2, -0.15) is 5.10 Å². The van der Waals surface area contributed by atoms with E-state index in [-0.39, 0.29) is 6.04 Å². The van der Waals surface area contributed by atoms with Gasteiger partial charge in [-0.3, -0.25) is 4.68 Å². The molecule has 0 bridgehead atoms. The van der Waals surface area contributed by atoms with Gasteiger partial charge in [-0.25, -0.2) is 0 Å². The third-order valence-electron chi connectivity index (χ3n) is 3.21. The van der Waals surface area contributed by atoms with E-state index in [1.807, 2.05) is 42.2 Å². The van der Waals surface area contributed by atoms with Crippen molar-refractivity contribution in [2.24, 2.45) is 7.05 Å². The van der Waals surface area contributed by atoms with Gasteiger partial charge in [-0.05, 0) is 42.8 Å². The standard InChI is InChI=1S/C15H20ClN3O/c1-4-17-14(13-7-8-19(2)18-13)10-11-9-12(16)5-6-15(11)20-3/h5-9,14,17H,4,10H2,1-3H3. The smallest absolute Gasteiger partial charge is 0.122 e. The summed E-state index contributed by atoms with van der Waals surface area (Å²) < 4.78 is 7.22. The zero-order chi connectivity index (χ0) is 14.5. The highest BCUT2D eigenvalue weighted by atomic mass is 35.5. The lowest BCUT2D eigenvalue weighted by atomic mass is 10.0. The van der Waals surface area contributed by atoms with E-state index in [0.29, 0.717) is 0 Å². The van der Waals surface area contributed by atoms with Crippen LogP contribution < -0.4 is 10.1 Å². The van der Waals surface area contributed by atoms with Crippen LogP contribution in [0.4, 0.5) is 0 Å². The molecule has 1 atom stereocenters. The third-order valence-corrected chi connectivity index (χ3v) is 3.44. The van der Waals surface area contributed by atoms with Gasteiger partial charge in [0.2, 0.25) is 0 Å².